The minimum Gasteiger partial charge on any atom is -0.316 e. The maximum absolute atomic E-state index is 3.65. The third kappa shape index (κ3) is 6.45. The summed E-state index contributed by atoms with van der Waals surface area (Å²) in [5.74, 6) is 2.73. The molecule has 17 heavy (non-hydrogen) atoms. The number of nitrogens with one attached hydrogen (secondary N) is 1. The molecule has 0 aromatic carbocycles. The summed E-state index contributed by atoms with van der Waals surface area (Å²) in [6.45, 7) is 14.1. The molecule has 0 amide bonds. The molecule has 1 fully saturated rings. The molecule has 1 aliphatic carbocycles. The molecule has 0 bridgehead atoms. The molecule has 1 rings (SSSR count). The Kier molecular flexibility index (Phi) is 5.99. The topological polar surface area (TPSA) is 12.0 Å². The minimum atomic E-state index is 0.512. The molecule has 0 spiro atoms. The van der Waals surface area contributed by atoms with Crippen molar-refractivity contribution in [2.45, 2.75) is 66.7 Å². The Morgan fingerprint density at radius 2 is 1.76 bits per heavy atom. The highest BCUT2D eigenvalue weighted by Crippen LogP contribution is 2.37. The zero-order chi connectivity index (χ0) is 12.9. The molecule has 0 heterocycles. The zero-order valence-corrected chi connectivity index (χ0v) is 12.7. The fraction of sp³-hybridized carbons (Fsp3) is 1.00. The average Bonchev–Trinajstić information content (AvgIpc) is 2.61. The van der Waals surface area contributed by atoms with Crippen LogP contribution in [0.1, 0.15) is 66.7 Å². The van der Waals surface area contributed by atoms with Gasteiger partial charge in [0.25, 0.3) is 0 Å². The monoisotopic (exact) mass is 239 g/mol. The van der Waals surface area contributed by atoms with Crippen molar-refractivity contribution in [1.82, 2.24) is 5.32 Å². The van der Waals surface area contributed by atoms with Crippen LogP contribution in [0.25, 0.3) is 0 Å². The highest BCUT2D eigenvalue weighted by molar-refractivity contribution is 4.80. The van der Waals surface area contributed by atoms with Gasteiger partial charge in [-0.1, -0.05) is 47.5 Å². The van der Waals surface area contributed by atoms with Crippen LogP contribution in [0, 0.1) is 23.2 Å². The van der Waals surface area contributed by atoms with Crippen LogP contribution in [0.5, 0.6) is 0 Å². The second-order valence-electron chi connectivity index (χ2n) is 7.60. The van der Waals surface area contributed by atoms with E-state index in [0.29, 0.717) is 5.41 Å². The van der Waals surface area contributed by atoms with E-state index in [1.807, 2.05) is 0 Å². The Hall–Kier alpha value is -0.0400. The molecule has 2 atom stereocenters. The van der Waals surface area contributed by atoms with Crippen molar-refractivity contribution in [3.63, 3.8) is 0 Å². The van der Waals surface area contributed by atoms with E-state index in [0.717, 1.165) is 17.8 Å². The van der Waals surface area contributed by atoms with Gasteiger partial charge < -0.3 is 5.32 Å². The van der Waals surface area contributed by atoms with Gasteiger partial charge in [0.05, 0.1) is 0 Å². The predicted octanol–water partition coefficient (Wildman–Crippen LogP) is 4.47. The molecule has 1 nitrogen and oxygen atoms in total. The largest absolute Gasteiger partial charge is 0.316 e. The SMILES string of the molecule is CC(C)CNCC1CCCC1CCC(C)(C)C. The summed E-state index contributed by atoms with van der Waals surface area (Å²) in [6.07, 6.45) is 7.22. The van der Waals surface area contributed by atoms with E-state index in [4.69, 9.17) is 0 Å². The molecule has 0 aromatic heterocycles. The molecule has 102 valence electrons. The van der Waals surface area contributed by atoms with E-state index in [9.17, 15) is 0 Å². The molecule has 0 aliphatic heterocycles. The van der Waals surface area contributed by atoms with Gasteiger partial charge in [0, 0.05) is 0 Å². The lowest BCUT2D eigenvalue weighted by Crippen LogP contribution is -2.28. The molecule has 1 aliphatic rings. The normalized spacial score (nSPS) is 25.8. The molecular formula is C16H33N. The minimum absolute atomic E-state index is 0.512. The van der Waals surface area contributed by atoms with Gasteiger partial charge in [-0.15, -0.1) is 0 Å². The van der Waals surface area contributed by atoms with Crippen molar-refractivity contribution in [2.24, 2.45) is 23.2 Å². The first-order chi connectivity index (χ1) is 7.88. The van der Waals surface area contributed by atoms with Gasteiger partial charge in [0.15, 0.2) is 0 Å². The Balaban J connectivity index is 2.24. The standard InChI is InChI=1S/C16H33N/c1-13(2)11-17-12-15-8-6-7-14(15)9-10-16(3,4)5/h13-15,17H,6-12H2,1-5H3. The smallest absolute Gasteiger partial charge is 0.00178 e. The Morgan fingerprint density at radius 1 is 1.12 bits per heavy atom. The van der Waals surface area contributed by atoms with Crippen LogP contribution in [-0.2, 0) is 0 Å². The summed E-state index contributed by atoms with van der Waals surface area (Å²) < 4.78 is 0. The zero-order valence-electron chi connectivity index (χ0n) is 12.7. The van der Waals surface area contributed by atoms with Gasteiger partial charge in [0.1, 0.15) is 0 Å². The Morgan fingerprint density at radius 3 is 2.35 bits per heavy atom. The quantitative estimate of drug-likeness (QED) is 0.721. The van der Waals surface area contributed by atoms with Crippen LogP contribution in [0.3, 0.4) is 0 Å². The molecule has 0 aromatic rings. The van der Waals surface area contributed by atoms with Crippen LogP contribution in [0.2, 0.25) is 0 Å². The van der Waals surface area contributed by atoms with Crippen molar-refractivity contribution >= 4 is 0 Å². The molecular weight excluding hydrogens is 206 g/mol. The molecule has 0 radical (unpaired) electrons. The maximum atomic E-state index is 3.65. The highest BCUT2D eigenvalue weighted by atomic mass is 14.9. The molecule has 1 heteroatoms. The summed E-state index contributed by atoms with van der Waals surface area (Å²) in [5, 5.41) is 3.65. The van der Waals surface area contributed by atoms with Crippen LogP contribution in [0.15, 0.2) is 0 Å². The number of hydrogen-bond donors (Lipinski definition) is 1. The Labute approximate surface area is 109 Å². The van der Waals surface area contributed by atoms with Crippen molar-refractivity contribution in [1.29, 1.82) is 0 Å². The second-order valence-corrected chi connectivity index (χ2v) is 7.60. The van der Waals surface area contributed by atoms with E-state index in [-0.39, 0.29) is 0 Å². The van der Waals surface area contributed by atoms with Gasteiger partial charge >= 0.3 is 0 Å². The van der Waals surface area contributed by atoms with Crippen LogP contribution in [-0.4, -0.2) is 13.1 Å². The predicted molar refractivity (Wildman–Crippen MR) is 77.2 cm³/mol. The molecule has 2 unspecified atom stereocenters. The lowest BCUT2D eigenvalue weighted by molar-refractivity contribution is 0.276. The van der Waals surface area contributed by atoms with Gasteiger partial charge in [-0.3, -0.25) is 0 Å². The summed E-state index contributed by atoms with van der Waals surface area (Å²) in [4.78, 5) is 0. The van der Waals surface area contributed by atoms with Gasteiger partial charge in [0.2, 0.25) is 0 Å². The first kappa shape index (κ1) is 15.0. The first-order valence-corrected chi connectivity index (χ1v) is 7.59. The van der Waals surface area contributed by atoms with Gasteiger partial charge in [-0.05, 0) is 55.5 Å². The maximum Gasteiger partial charge on any atom is -0.00178 e. The van der Waals surface area contributed by atoms with E-state index >= 15 is 0 Å². The van der Waals surface area contributed by atoms with Gasteiger partial charge in [-0.25, -0.2) is 0 Å². The van der Waals surface area contributed by atoms with Crippen molar-refractivity contribution in [2.75, 3.05) is 13.1 Å². The lowest BCUT2D eigenvalue weighted by atomic mass is 9.83. The van der Waals surface area contributed by atoms with E-state index in [1.54, 1.807) is 0 Å². The second kappa shape index (κ2) is 6.78. The lowest BCUT2D eigenvalue weighted by Gasteiger charge is -2.25. The fourth-order valence-corrected chi connectivity index (χ4v) is 2.94. The van der Waals surface area contributed by atoms with Crippen molar-refractivity contribution in [3.05, 3.63) is 0 Å². The third-order valence-electron chi connectivity index (χ3n) is 4.04. The van der Waals surface area contributed by atoms with Crippen LogP contribution >= 0.6 is 0 Å². The molecule has 0 saturated heterocycles. The van der Waals surface area contributed by atoms with Crippen LogP contribution in [0.4, 0.5) is 0 Å². The third-order valence-corrected chi connectivity index (χ3v) is 4.04. The van der Waals surface area contributed by atoms with E-state index in [1.165, 1.54) is 45.2 Å². The van der Waals surface area contributed by atoms with Crippen molar-refractivity contribution < 1.29 is 0 Å². The molecule has 1 N–H and O–H groups in total. The molecule has 1 saturated carbocycles. The van der Waals surface area contributed by atoms with Crippen molar-refractivity contribution in [3.8, 4) is 0 Å². The number of rotatable bonds is 6. The van der Waals surface area contributed by atoms with E-state index < -0.39 is 0 Å². The fourth-order valence-electron chi connectivity index (χ4n) is 2.94. The summed E-state index contributed by atoms with van der Waals surface area (Å²) >= 11 is 0. The first-order valence-electron chi connectivity index (χ1n) is 7.59. The van der Waals surface area contributed by atoms with E-state index in [2.05, 4.69) is 39.9 Å². The number of hydrogen-bond acceptors (Lipinski definition) is 1. The highest BCUT2D eigenvalue weighted by Gasteiger charge is 2.27. The average molecular weight is 239 g/mol. The summed E-state index contributed by atoms with van der Waals surface area (Å²) in [6, 6.07) is 0. The van der Waals surface area contributed by atoms with Gasteiger partial charge in [-0.2, -0.15) is 0 Å². The van der Waals surface area contributed by atoms with Crippen LogP contribution < -0.4 is 5.32 Å². The Bertz CT molecular complexity index is 202. The summed E-state index contributed by atoms with van der Waals surface area (Å²) in [7, 11) is 0. The summed E-state index contributed by atoms with van der Waals surface area (Å²) in [5.41, 5.74) is 0.512.